The number of halogens is 1. The summed E-state index contributed by atoms with van der Waals surface area (Å²) < 4.78 is 0. The number of anilines is 2. The predicted molar refractivity (Wildman–Crippen MR) is 68.1 cm³/mol. The Kier molecular flexibility index (Phi) is 3.81. The van der Waals surface area contributed by atoms with E-state index in [9.17, 15) is 0 Å². The van der Waals surface area contributed by atoms with Crippen LogP contribution in [-0.4, -0.2) is 0 Å². The first kappa shape index (κ1) is 12.4. The zero-order valence-corrected chi connectivity index (χ0v) is 10.3. The lowest BCUT2D eigenvalue weighted by atomic mass is 10.1. The second kappa shape index (κ2) is 4.91. The number of benzene rings is 1. The highest BCUT2D eigenvalue weighted by molar-refractivity contribution is 6.32. The zero-order valence-electron chi connectivity index (χ0n) is 9.56. The molecule has 4 heteroatoms. The number of aryl methyl sites for hydroxylation is 2. The molecule has 1 aromatic rings. The molecule has 1 rings (SSSR count). The fraction of sp³-hybridized carbons (Fsp3) is 0.250. The molecule has 0 bridgehead atoms. The summed E-state index contributed by atoms with van der Waals surface area (Å²) in [4.78, 5) is 0. The van der Waals surface area contributed by atoms with E-state index in [-0.39, 0.29) is 5.03 Å². The first-order valence-electron chi connectivity index (χ1n) is 4.86. The van der Waals surface area contributed by atoms with Crippen LogP contribution < -0.4 is 11.1 Å². The molecule has 0 saturated carbocycles. The molecule has 1 aromatic carbocycles. The minimum atomic E-state index is 0.137. The Hall–Kier alpha value is -1.66. The molecule has 0 amide bonds. The molecule has 0 aliphatic rings. The summed E-state index contributed by atoms with van der Waals surface area (Å²) in [6.45, 7) is 5.74. The van der Waals surface area contributed by atoms with Gasteiger partial charge in [-0.25, -0.2) is 0 Å². The number of allylic oxidation sites excluding steroid dienone is 2. The van der Waals surface area contributed by atoms with Crippen molar-refractivity contribution in [2.24, 2.45) is 0 Å². The molecular weight excluding hydrogens is 222 g/mol. The molecule has 0 radical (unpaired) electrons. The van der Waals surface area contributed by atoms with E-state index in [1.807, 2.05) is 32.0 Å². The average Bonchev–Trinajstić information content (AvgIpc) is 2.24. The van der Waals surface area contributed by atoms with Crippen LogP contribution in [0.2, 0.25) is 0 Å². The van der Waals surface area contributed by atoms with Crippen LogP contribution in [0.4, 0.5) is 11.4 Å². The highest BCUT2D eigenvalue weighted by atomic mass is 35.5. The van der Waals surface area contributed by atoms with E-state index >= 15 is 0 Å². The maximum atomic E-state index is 8.64. The van der Waals surface area contributed by atoms with Gasteiger partial charge in [0, 0.05) is 5.70 Å². The fourth-order valence-corrected chi connectivity index (χ4v) is 1.33. The van der Waals surface area contributed by atoms with Crippen LogP contribution in [-0.2, 0) is 0 Å². The van der Waals surface area contributed by atoms with E-state index in [0.29, 0.717) is 11.4 Å². The summed E-state index contributed by atoms with van der Waals surface area (Å²) in [5, 5.41) is 11.8. The molecule has 0 aromatic heterocycles. The van der Waals surface area contributed by atoms with Crippen molar-refractivity contribution in [2.75, 3.05) is 11.1 Å². The average molecular weight is 236 g/mol. The topological polar surface area (TPSA) is 61.8 Å². The summed E-state index contributed by atoms with van der Waals surface area (Å²) in [5.74, 6) is 0. The van der Waals surface area contributed by atoms with Crippen molar-refractivity contribution >= 4 is 23.0 Å². The number of hydrogen-bond acceptors (Lipinski definition) is 3. The van der Waals surface area contributed by atoms with Gasteiger partial charge in [0.15, 0.2) is 0 Å². The third-order valence-electron chi connectivity index (χ3n) is 2.42. The van der Waals surface area contributed by atoms with Crippen LogP contribution in [0.5, 0.6) is 0 Å². The van der Waals surface area contributed by atoms with E-state index < -0.39 is 0 Å². The summed E-state index contributed by atoms with van der Waals surface area (Å²) in [5.41, 5.74) is 10.2. The van der Waals surface area contributed by atoms with Crippen molar-refractivity contribution in [1.82, 2.24) is 0 Å². The van der Waals surface area contributed by atoms with Crippen molar-refractivity contribution < 1.29 is 0 Å². The SMILES string of the molecule is C/C(Nc1cc(C)c(C)cc1N)=C(\Cl)C#N. The van der Waals surface area contributed by atoms with Crippen LogP contribution in [0.25, 0.3) is 0 Å². The minimum absolute atomic E-state index is 0.137. The lowest BCUT2D eigenvalue weighted by Crippen LogP contribution is -2.02. The van der Waals surface area contributed by atoms with Crippen LogP contribution in [0.3, 0.4) is 0 Å². The molecule has 0 heterocycles. The van der Waals surface area contributed by atoms with Gasteiger partial charge >= 0.3 is 0 Å². The maximum absolute atomic E-state index is 8.64. The standard InChI is InChI=1S/C12H14ClN3/c1-7-4-11(15)12(5-8(7)2)16-9(3)10(13)6-14/h4-5,16H,15H2,1-3H3/b10-9+. The highest BCUT2D eigenvalue weighted by Crippen LogP contribution is 2.25. The van der Waals surface area contributed by atoms with Gasteiger partial charge < -0.3 is 11.1 Å². The normalized spacial score (nSPS) is 11.7. The number of nitrogens with zero attached hydrogens (tertiary/aromatic N) is 1. The van der Waals surface area contributed by atoms with E-state index in [1.54, 1.807) is 6.92 Å². The monoisotopic (exact) mass is 235 g/mol. The Bertz CT molecular complexity index is 484. The number of rotatable bonds is 2. The number of nitrogens with two attached hydrogens (primary N) is 1. The van der Waals surface area contributed by atoms with Gasteiger partial charge in [0.2, 0.25) is 0 Å². The molecule has 0 saturated heterocycles. The van der Waals surface area contributed by atoms with Crippen molar-refractivity contribution in [3.8, 4) is 6.07 Å². The second-order valence-electron chi connectivity index (χ2n) is 3.70. The molecule has 0 fully saturated rings. The summed E-state index contributed by atoms with van der Waals surface area (Å²) >= 11 is 5.70. The summed E-state index contributed by atoms with van der Waals surface area (Å²) in [7, 11) is 0. The van der Waals surface area contributed by atoms with Crippen molar-refractivity contribution in [1.29, 1.82) is 5.26 Å². The largest absolute Gasteiger partial charge is 0.397 e. The van der Waals surface area contributed by atoms with E-state index in [2.05, 4.69) is 5.32 Å². The van der Waals surface area contributed by atoms with Gasteiger partial charge in [-0.3, -0.25) is 0 Å². The first-order valence-corrected chi connectivity index (χ1v) is 5.23. The molecule has 0 atom stereocenters. The van der Waals surface area contributed by atoms with Crippen LogP contribution in [0.15, 0.2) is 22.9 Å². The lowest BCUT2D eigenvalue weighted by Gasteiger charge is -2.12. The molecule has 0 aliphatic heterocycles. The Morgan fingerprint density at radius 2 is 1.94 bits per heavy atom. The van der Waals surface area contributed by atoms with Gasteiger partial charge in [-0.05, 0) is 44.0 Å². The van der Waals surface area contributed by atoms with Gasteiger partial charge in [0.25, 0.3) is 0 Å². The molecule has 0 unspecified atom stereocenters. The Balaban J connectivity index is 3.09. The second-order valence-corrected chi connectivity index (χ2v) is 4.08. The van der Waals surface area contributed by atoms with E-state index in [4.69, 9.17) is 22.6 Å². The zero-order chi connectivity index (χ0) is 12.3. The summed E-state index contributed by atoms with van der Waals surface area (Å²) in [6.07, 6.45) is 0. The van der Waals surface area contributed by atoms with Crippen LogP contribution in [0.1, 0.15) is 18.1 Å². The van der Waals surface area contributed by atoms with Gasteiger partial charge in [-0.15, -0.1) is 0 Å². The molecule has 0 spiro atoms. The van der Waals surface area contributed by atoms with Gasteiger partial charge in [0.05, 0.1) is 11.4 Å². The van der Waals surface area contributed by atoms with Gasteiger partial charge in [-0.1, -0.05) is 11.6 Å². The van der Waals surface area contributed by atoms with E-state index in [1.165, 1.54) is 0 Å². The first-order chi connectivity index (χ1) is 7.45. The quantitative estimate of drug-likeness (QED) is 0.611. The molecule has 0 aliphatic carbocycles. The Morgan fingerprint density at radius 3 is 2.50 bits per heavy atom. The number of nitriles is 1. The van der Waals surface area contributed by atoms with Crippen molar-refractivity contribution in [3.63, 3.8) is 0 Å². The van der Waals surface area contributed by atoms with Crippen LogP contribution in [0, 0.1) is 25.2 Å². The van der Waals surface area contributed by atoms with Crippen LogP contribution >= 0.6 is 11.6 Å². The smallest absolute Gasteiger partial charge is 0.137 e. The minimum Gasteiger partial charge on any atom is -0.397 e. The molecule has 3 N–H and O–H groups in total. The third-order valence-corrected chi connectivity index (χ3v) is 2.78. The Morgan fingerprint density at radius 1 is 1.38 bits per heavy atom. The number of nitrogen functional groups attached to an aromatic ring is 1. The maximum Gasteiger partial charge on any atom is 0.137 e. The fourth-order valence-electron chi connectivity index (χ4n) is 1.29. The number of hydrogen-bond donors (Lipinski definition) is 2. The Labute approximate surface area is 101 Å². The summed E-state index contributed by atoms with van der Waals surface area (Å²) in [6, 6.07) is 5.71. The van der Waals surface area contributed by atoms with Gasteiger partial charge in [-0.2, -0.15) is 5.26 Å². The third kappa shape index (κ3) is 2.68. The molecular formula is C12H14ClN3. The molecule has 3 nitrogen and oxygen atoms in total. The molecule has 84 valence electrons. The van der Waals surface area contributed by atoms with Crippen molar-refractivity contribution in [2.45, 2.75) is 20.8 Å². The molecule has 16 heavy (non-hydrogen) atoms. The lowest BCUT2D eigenvalue weighted by molar-refractivity contribution is 1.31. The number of nitrogens with one attached hydrogen (secondary N) is 1. The van der Waals surface area contributed by atoms with Crippen molar-refractivity contribution in [3.05, 3.63) is 34.0 Å². The highest BCUT2D eigenvalue weighted by Gasteiger charge is 2.04. The predicted octanol–water partition coefficient (Wildman–Crippen LogP) is 3.29. The van der Waals surface area contributed by atoms with Gasteiger partial charge in [0.1, 0.15) is 11.1 Å². The van der Waals surface area contributed by atoms with E-state index in [0.717, 1.165) is 16.8 Å².